The average molecular weight is 210 g/mol. The van der Waals surface area contributed by atoms with Gasteiger partial charge >= 0.3 is 5.97 Å². The van der Waals surface area contributed by atoms with E-state index in [1.165, 1.54) is 6.26 Å². The lowest BCUT2D eigenvalue weighted by Gasteiger charge is -2.17. The lowest BCUT2D eigenvalue weighted by atomic mass is 9.89. The summed E-state index contributed by atoms with van der Waals surface area (Å²) in [7, 11) is 0. The van der Waals surface area contributed by atoms with Crippen molar-refractivity contribution in [1.82, 2.24) is 0 Å². The monoisotopic (exact) mass is 210 g/mol. The molecule has 0 N–H and O–H groups in total. The average Bonchev–Trinajstić information content (AvgIpc) is 2.21. The molecule has 0 bridgehead atoms. The van der Waals surface area contributed by atoms with Crippen LogP contribution >= 0.6 is 0 Å². The SMILES string of the molecule is CC/C=C/C(C)(C)C/C=C/OC(=O)CC. The topological polar surface area (TPSA) is 26.3 Å². The van der Waals surface area contributed by atoms with Gasteiger partial charge in [-0.3, -0.25) is 4.79 Å². The van der Waals surface area contributed by atoms with Crippen molar-refractivity contribution in [2.24, 2.45) is 5.41 Å². The van der Waals surface area contributed by atoms with Crippen LogP contribution in [0.5, 0.6) is 0 Å². The Morgan fingerprint density at radius 2 is 1.93 bits per heavy atom. The fraction of sp³-hybridized carbons (Fsp3) is 0.615. The predicted octanol–water partition coefficient (Wildman–Crippen LogP) is 3.84. The van der Waals surface area contributed by atoms with Gasteiger partial charge < -0.3 is 4.74 Å². The van der Waals surface area contributed by atoms with Gasteiger partial charge in [0.25, 0.3) is 0 Å². The Morgan fingerprint density at radius 1 is 1.27 bits per heavy atom. The zero-order chi connectivity index (χ0) is 11.7. The van der Waals surface area contributed by atoms with Gasteiger partial charge in [-0.2, -0.15) is 0 Å². The van der Waals surface area contributed by atoms with Gasteiger partial charge in [-0.1, -0.05) is 39.8 Å². The van der Waals surface area contributed by atoms with E-state index in [0.717, 1.165) is 12.8 Å². The summed E-state index contributed by atoms with van der Waals surface area (Å²) in [6.07, 6.45) is 10.1. The number of rotatable bonds is 6. The van der Waals surface area contributed by atoms with Gasteiger partial charge in [0.15, 0.2) is 0 Å². The lowest BCUT2D eigenvalue weighted by Crippen LogP contribution is -2.05. The van der Waals surface area contributed by atoms with Gasteiger partial charge in [-0.25, -0.2) is 0 Å². The van der Waals surface area contributed by atoms with E-state index in [4.69, 9.17) is 4.74 Å². The maximum Gasteiger partial charge on any atom is 0.310 e. The molecule has 0 aromatic carbocycles. The van der Waals surface area contributed by atoms with Crippen molar-refractivity contribution in [3.63, 3.8) is 0 Å². The number of esters is 1. The molecule has 0 aromatic rings. The van der Waals surface area contributed by atoms with Crippen LogP contribution in [0.25, 0.3) is 0 Å². The predicted molar refractivity (Wildman–Crippen MR) is 63.4 cm³/mol. The molecule has 0 aliphatic heterocycles. The van der Waals surface area contributed by atoms with Gasteiger partial charge in [0, 0.05) is 6.42 Å². The molecule has 0 saturated heterocycles. The molecular formula is C13H22O2. The van der Waals surface area contributed by atoms with Crippen molar-refractivity contribution in [3.8, 4) is 0 Å². The number of hydrogen-bond acceptors (Lipinski definition) is 2. The van der Waals surface area contributed by atoms with E-state index in [1.807, 2.05) is 6.08 Å². The molecule has 0 heterocycles. The van der Waals surface area contributed by atoms with Crippen LogP contribution in [0.1, 0.15) is 47.0 Å². The minimum absolute atomic E-state index is 0.130. The first-order valence-electron chi connectivity index (χ1n) is 5.54. The molecule has 0 fully saturated rings. The third kappa shape index (κ3) is 7.98. The fourth-order valence-corrected chi connectivity index (χ4v) is 1.06. The number of carbonyl (C=O) groups is 1. The van der Waals surface area contributed by atoms with Crippen LogP contribution in [-0.4, -0.2) is 5.97 Å². The summed E-state index contributed by atoms with van der Waals surface area (Å²) in [4.78, 5) is 10.8. The maximum absolute atomic E-state index is 10.8. The third-order valence-corrected chi connectivity index (χ3v) is 2.03. The summed E-state index contributed by atoms with van der Waals surface area (Å²) in [6.45, 7) is 8.21. The van der Waals surface area contributed by atoms with E-state index in [2.05, 4.69) is 32.9 Å². The van der Waals surface area contributed by atoms with Crippen molar-refractivity contribution >= 4 is 5.97 Å². The zero-order valence-corrected chi connectivity index (χ0v) is 10.2. The zero-order valence-electron chi connectivity index (χ0n) is 10.2. The Hall–Kier alpha value is -1.05. The summed E-state index contributed by atoms with van der Waals surface area (Å²) in [5.41, 5.74) is 0.130. The molecule has 2 nitrogen and oxygen atoms in total. The van der Waals surface area contributed by atoms with E-state index in [-0.39, 0.29) is 11.4 Å². The standard InChI is InChI=1S/C13H22O2/c1-5-7-9-13(3,4)10-8-11-15-12(14)6-2/h7-9,11H,5-6,10H2,1-4H3/b9-7+,11-8+. The molecule has 0 saturated carbocycles. The van der Waals surface area contributed by atoms with Crippen molar-refractivity contribution in [2.45, 2.75) is 47.0 Å². The molecule has 0 spiro atoms. The summed E-state index contributed by atoms with van der Waals surface area (Å²) in [5, 5.41) is 0. The molecule has 15 heavy (non-hydrogen) atoms. The second kappa shape index (κ2) is 7.27. The Morgan fingerprint density at radius 3 is 2.47 bits per heavy atom. The maximum atomic E-state index is 10.8. The van der Waals surface area contributed by atoms with Crippen molar-refractivity contribution in [2.75, 3.05) is 0 Å². The van der Waals surface area contributed by atoms with Crippen LogP contribution in [-0.2, 0) is 9.53 Å². The van der Waals surface area contributed by atoms with E-state index < -0.39 is 0 Å². The van der Waals surface area contributed by atoms with Crippen molar-refractivity contribution in [1.29, 1.82) is 0 Å². The molecule has 0 amide bonds. The summed E-state index contributed by atoms with van der Waals surface area (Å²) in [6, 6.07) is 0. The number of ether oxygens (including phenoxy) is 1. The minimum atomic E-state index is -0.187. The molecule has 0 rings (SSSR count). The van der Waals surface area contributed by atoms with Gasteiger partial charge in [-0.05, 0) is 24.3 Å². The highest BCUT2D eigenvalue weighted by Crippen LogP contribution is 2.22. The van der Waals surface area contributed by atoms with Gasteiger partial charge in [0.1, 0.15) is 0 Å². The Bertz CT molecular complexity index is 237. The van der Waals surface area contributed by atoms with Gasteiger partial charge in [0.05, 0.1) is 6.26 Å². The number of carbonyl (C=O) groups excluding carboxylic acids is 1. The summed E-state index contributed by atoms with van der Waals surface area (Å²) >= 11 is 0. The first-order chi connectivity index (χ1) is 7.02. The van der Waals surface area contributed by atoms with E-state index >= 15 is 0 Å². The molecule has 86 valence electrons. The van der Waals surface area contributed by atoms with E-state index in [0.29, 0.717) is 6.42 Å². The van der Waals surface area contributed by atoms with Crippen LogP contribution in [0.4, 0.5) is 0 Å². The molecule has 0 atom stereocenters. The highest BCUT2D eigenvalue weighted by Gasteiger charge is 2.10. The first-order valence-corrected chi connectivity index (χ1v) is 5.54. The minimum Gasteiger partial charge on any atom is -0.435 e. The quantitative estimate of drug-likeness (QED) is 0.378. The molecule has 2 heteroatoms. The first kappa shape index (κ1) is 13.9. The third-order valence-electron chi connectivity index (χ3n) is 2.03. The Labute approximate surface area is 93.0 Å². The second-order valence-electron chi connectivity index (χ2n) is 4.22. The summed E-state index contributed by atoms with van der Waals surface area (Å²) < 4.78 is 4.85. The van der Waals surface area contributed by atoms with Crippen LogP contribution in [0.3, 0.4) is 0 Å². The van der Waals surface area contributed by atoms with E-state index in [9.17, 15) is 4.79 Å². The van der Waals surface area contributed by atoms with E-state index in [1.54, 1.807) is 6.92 Å². The molecular weight excluding hydrogens is 188 g/mol. The molecule has 0 aromatic heterocycles. The van der Waals surface area contributed by atoms with Crippen LogP contribution < -0.4 is 0 Å². The molecule has 0 aliphatic carbocycles. The molecule has 0 radical (unpaired) electrons. The molecule has 0 unspecified atom stereocenters. The van der Waals surface area contributed by atoms with Gasteiger partial charge in [-0.15, -0.1) is 0 Å². The van der Waals surface area contributed by atoms with Crippen LogP contribution in [0.15, 0.2) is 24.5 Å². The smallest absolute Gasteiger partial charge is 0.310 e. The van der Waals surface area contributed by atoms with Gasteiger partial charge in [0.2, 0.25) is 0 Å². The summed E-state index contributed by atoms with van der Waals surface area (Å²) in [5.74, 6) is -0.187. The highest BCUT2D eigenvalue weighted by molar-refractivity contribution is 5.69. The number of hydrogen-bond donors (Lipinski definition) is 0. The fourth-order valence-electron chi connectivity index (χ4n) is 1.06. The van der Waals surface area contributed by atoms with Crippen LogP contribution in [0, 0.1) is 5.41 Å². The molecule has 0 aliphatic rings. The van der Waals surface area contributed by atoms with Crippen molar-refractivity contribution < 1.29 is 9.53 Å². The second-order valence-corrected chi connectivity index (χ2v) is 4.22. The Kier molecular flexibility index (Phi) is 6.76. The lowest BCUT2D eigenvalue weighted by molar-refractivity contribution is -0.137. The van der Waals surface area contributed by atoms with Crippen molar-refractivity contribution in [3.05, 3.63) is 24.5 Å². The highest BCUT2D eigenvalue weighted by atomic mass is 16.5. The normalized spacial score (nSPS) is 12.5. The number of allylic oxidation sites excluding steroid dienone is 3. The Balaban J connectivity index is 3.92. The van der Waals surface area contributed by atoms with Crippen LogP contribution in [0.2, 0.25) is 0 Å². The largest absolute Gasteiger partial charge is 0.435 e.